The van der Waals surface area contributed by atoms with Gasteiger partial charge in [0.25, 0.3) is 0 Å². The van der Waals surface area contributed by atoms with Crippen LogP contribution in [0, 0.1) is 5.82 Å². The maximum Gasteiger partial charge on any atom is 0.226 e. The molecule has 0 saturated heterocycles. The Morgan fingerprint density at radius 2 is 1.90 bits per heavy atom. The van der Waals surface area contributed by atoms with Crippen molar-refractivity contribution in [1.29, 1.82) is 0 Å². The molecule has 0 fully saturated rings. The van der Waals surface area contributed by atoms with E-state index in [2.05, 4.69) is 0 Å². The number of anilines is 1. The summed E-state index contributed by atoms with van der Waals surface area (Å²) in [6.45, 7) is 0. The number of benzene rings is 2. The Balaban J connectivity index is 1.92. The standard InChI is InChI=1S/C17H19FN2O/c1-20(15-9-5-8-14(18)12-15)17(21)11-10-16(19)13-6-3-2-4-7-13/h2-9,12,16H,10-11,19H2,1H3/t16-/m0/s1. The maximum absolute atomic E-state index is 13.2. The van der Waals surface area contributed by atoms with Gasteiger partial charge in [-0.15, -0.1) is 0 Å². The third kappa shape index (κ3) is 4.13. The van der Waals surface area contributed by atoms with Crippen molar-refractivity contribution in [2.24, 2.45) is 5.73 Å². The summed E-state index contributed by atoms with van der Waals surface area (Å²) < 4.78 is 13.2. The van der Waals surface area contributed by atoms with Gasteiger partial charge in [0.2, 0.25) is 5.91 Å². The first-order valence-electron chi connectivity index (χ1n) is 6.90. The SMILES string of the molecule is CN(C(=O)CC[C@H](N)c1ccccc1)c1cccc(F)c1. The van der Waals surface area contributed by atoms with E-state index in [9.17, 15) is 9.18 Å². The number of hydrogen-bond acceptors (Lipinski definition) is 2. The molecule has 0 spiro atoms. The monoisotopic (exact) mass is 286 g/mol. The molecule has 0 radical (unpaired) electrons. The van der Waals surface area contributed by atoms with Gasteiger partial charge in [-0.2, -0.15) is 0 Å². The lowest BCUT2D eigenvalue weighted by Gasteiger charge is -2.19. The van der Waals surface area contributed by atoms with Crippen molar-refractivity contribution >= 4 is 11.6 Å². The summed E-state index contributed by atoms with van der Waals surface area (Å²) in [6.07, 6.45) is 0.881. The molecule has 2 aromatic rings. The van der Waals surface area contributed by atoms with Crippen LogP contribution in [0.5, 0.6) is 0 Å². The summed E-state index contributed by atoms with van der Waals surface area (Å²) in [5.41, 5.74) is 7.64. The van der Waals surface area contributed by atoms with Crippen LogP contribution in [0.2, 0.25) is 0 Å². The van der Waals surface area contributed by atoms with Crippen LogP contribution in [0.15, 0.2) is 54.6 Å². The van der Waals surface area contributed by atoms with Crippen molar-refractivity contribution < 1.29 is 9.18 Å². The lowest BCUT2D eigenvalue weighted by atomic mass is 10.0. The third-order valence-electron chi connectivity index (χ3n) is 3.47. The molecule has 0 aromatic heterocycles. The third-order valence-corrected chi connectivity index (χ3v) is 3.47. The van der Waals surface area contributed by atoms with Gasteiger partial charge in [0.1, 0.15) is 5.82 Å². The molecule has 110 valence electrons. The van der Waals surface area contributed by atoms with Crippen LogP contribution in [-0.2, 0) is 4.79 Å². The molecule has 0 aliphatic rings. The first-order valence-corrected chi connectivity index (χ1v) is 6.90. The highest BCUT2D eigenvalue weighted by atomic mass is 19.1. The predicted molar refractivity (Wildman–Crippen MR) is 82.4 cm³/mol. The molecule has 2 rings (SSSR count). The minimum atomic E-state index is -0.354. The Hall–Kier alpha value is -2.20. The van der Waals surface area contributed by atoms with E-state index < -0.39 is 0 Å². The van der Waals surface area contributed by atoms with E-state index in [1.165, 1.54) is 17.0 Å². The van der Waals surface area contributed by atoms with E-state index in [1.54, 1.807) is 19.2 Å². The highest BCUT2D eigenvalue weighted by Gasteiger charge is 2.14. The van der Waals surface area contributed by atoms with Crippen molar-refractivity contribution in [1.82, 2.24) is 0 Å². The molecule has 0 saturated carbocycles. The fraction of sp³-hybridized carbons (Fsp3) is 0.235. The molecule has 2 aromatic carbocycles. The Bertz CT molecular complexity index is 601. The zero-order valence-electron chi connectivity index (χ0n) is 12.0. The van der Waals surface area contributed by atoms with E-state index in [0.29, 0.717) is 18.5 Å². The lowest BCUT2D eigenvalue weighted by Crippen LogP contribution is -2.27. The smallest absolute Gasteiger partial charge is 0.226 e. The average molecular weight is 286 g/mol. The predicted octanol–water partition coefficient (Wildman–Crippen LogP) is 3.27. The van der Waals surface area contributed by atoms with Gasteiger partial charge in [-0.3, -0.25) is 4.79 Å². The summed E-state index contributed by atoms with van der Waals surface area (Å²) in [4.78, 5) is 13.6. The Morgan fingerprint density at radius 1 is 1.19 bits per heavy atom. The first kappa shape index (κ1) is 15.2. The van der Waals surface area contributed by atoms with Crippen LogP contribution in [-0.4, -0.2) is 13.0 Å². The Labute approximate surface area is 124 Å². The van der Waals surface area contributed by atoms with E-state index >= 15 is 0 Å². The topological polar surface area (TPSA) is 46.3 Å². The van der Waals surface area contributed by atoms with Crippen molar-refractivity contribution in [3.8, 4) is 0 Å². The van der Waals surface area contributed by atoms with Crippen molar-refractivity contribution in [3.63, 3.8) is 0 Å². The molecule has 1 amide bonds. The largest absolute Gasteiger partial charge is 0.324 e. The van der Waals surface area contributed by atoms with Crippen LogP contribution in [0.1, 0.15) is 24.4 Å². The van der Waals surface area contributed by atoms with E-state index in [-0.39, 0.29) is 17.8 Å². The molecular weight excluding hydrogens is 267 g/mol. The summed E-state index contributed by atoms with van der Waals surface area (Å²) in [5, 5.41) is 0. The molecule has 1 atom stereocenters. The number of hydrogen-bond donors (Lipinski definition) is 1. The van der Waals surface area contributed by atoms with Gasteiger partial charge in [0, 0.05) is 25.2 Å². The molecule has 2 N–H and O–H groups in total. The molecular formula is C17H19FN2O. The zero-order valence-corrected chi connectivity index (χ0v) is 12.0. The quantitative estimate of drug-likeness (QED) is 0.917. The second-order valence-corrected chi connectivity index (χ2v) is 4.99. The van der Waals surface area contributed by atoms with Gasteiger partial charge in [0.15, 0.2) is 0 Å². The summed E-state index contributed by atoms with van der Waals surface area (Å²) in [7, 11) is 1.64. The summed E-state index contributed by atoms with van der Waals surface area (Å²) in [6, 6.07) is 15.5. The van der Waals surface area contributed by atoms with E-state index in [4.69, 9.17) is 5.73 Å². The second kappa shape index (κ2) is 6.99. The average Bonchev–Trinajstić information content (AvgIpc) is 2.52. The van der Waals surface area contributed by atoms with Crippen molar-refractivity contribution in [2.75, 3.05) is 11.9 Å². The van der Waals surface area contributed by atoms with E-state index in [1.807, 2.05) is 30.3 Å². The van der Waals surface area contributed by atoms with Gasteiger partial charge < -0.3 is 10.6 Å². The normalized spacial score (nSPS) is 12.0. The summed E-state index contributed by atoms with van der Waals surface area (Å²) in [5.74, 6) is -0.430. The lowest BCUT2D eigenvalue weighted by molar-refractivity contribution is -0.118. The molecule has 0 aliphatic carbocycles. The summed E-state index contributed by atoms with van der Waals surface area (Å²) >= 11 is 0. The van der Waals surface area contributed by atoms with Crippen molar-refractivity contribution in [3.05, 3.63) is 66.0 Å². The number of nitrogens with zero attached hydrogens (tertiary/aromatic N) is 1. The first-order chi connectivity index (χ1) is 10.1. The Morgan fingerprint density at radius 3 is 2.57 bits per heavy atom. The number of rotatable bonds is 5. The zero-order chi connectivity index (χ0) is 15.2. The van der Waals surface area contributed by atoms with Crippen LogP contribution >= 0.6 is 0 Å². The fourth-order valence-corrected chi connectivity index (χ4v) is 2.14. The minimum absolute atomic E-state index is 0.0769. The van der Waals surface area contributed by atoms with Crippen LogP contribution in [0.4, 0.5) is 10.1 Å². The highest BCUT2D eigenvalue weighted by molar-refractivity contribution is 5.92. The molecule has 4 heteroatoms. The molecule has 0 aliphatic heterocycles. The number of carbonyl (C=O) groups excluding carboxylic acids is 1. The van der Waals surface area contributed by atoms with Crippen LogP contribution in [0.3, 0.4) is 0 Å². The van der Waals surface area contributed by atoms with E-state index in [0.717, 1.165) is 5.56 Å². The van der Waals surface area contributed by atoms with Crippen LogP contribution in [0.25, 0.3) is 0 Å². The molecule has 0 bridgehead atoms. The Kier molecular flexibility index (Phi) is 5.06. The maximum atomic E-state index is 13.2. The second-order valence-electron chi connectivity index (χ2n) is 4.99. The molecule has 0 heterocycles. The number of nitrogens with two attached hydrogens (primary N) is 1. The minimum Gasteiger partial charge on any atom is -0.324 e. The highest BCUT2D eigenvalue weighted by Crippen LogP contribution is 2.19. The van der Waals surface area contributed by atoms with Gasteiger partial charge >= 0.3 is 0 Å². The fourth-order valence-electron chi connectivity index (χ4n) is 2.14. The molecule has 21 heavy (non-hydrogen) atoms. The van der Waals surface area contributed by atoms with Gasteiger partial charge in [-0.1, -0.05) is 36.4 Å². The number of amides is 1. The van der Waals surface area contributed by atoms with Crippen LogP contribution < -0.4 is 10.6 Å². The van der Waals surface area contributed by atoms with Gasteiger partial charge in [0.05, 0.1) is 0 Å². The number of carbonyl (C=O) groups is 1. The molecule has 3 nitrogen and oxygen atoms in total. The van der Waals surface area contributed by atoms with Gasteiger partial charge in [-0.05, 0) is 30.2 Å². The van der Waals surface area contributed by atoms with Crippen molar-refractivity contribution in [2.45, 2.75) is 18.9 Å². The molecule has 0 unspecified atom stereocenters. The number of halogens is 1. The van der Waals surface area contributed by atoms with Gasteiger partial charge in [-0.25, -0.2) is 4.39 Å².